The number of carbonyl (C=O) groups is 3. The maximum absolute atomic E-state index is 16.1. The Balaban J connectivity index is 0.771. The van der Waals surface area contributed by atoms with E-state index in [1.54, 1.807) is 23.1 Å². The Labute approximate surface area is 330 Å². The van der Waals surface area contributed by atoms with Crippen molar-refractivity contribution in [3.8, 4) is 17.2 Å². The number of benzene rings is 4. The number of aromatic hydroxyl groups is 1. The molecule has 0 aliphatic carbocycles. The van der Waals surface area contributed by atoms with Crippen molar-refractivity contribution in [2.24, 2.45) is 5.92 Å². The highest BCUT2D eigenvalue weighted by molar-refractivity contribution is 6.06. The van der Waals surface area contributed by atoms with Crippen LogP contribution in [0.15, 0.2) is 78.9 Å². The number of halogens is 1. The van der Waals surface area contributed by atoms with Crippen LogP contribution in [0.5, 0.6) is 17.2 Å². The fraction of sp³-hybridized carbons (Fsp3) is 0.400. The summed E-state index contributed by atoms with van der Waals surface area (Å²) in [6, 6.07) is 24.6. The minimum absolute atomic E-state index is 0.00484. The van der Waals surface area contributed by atoms with Crippen LogP contribution in [0, 0.1) is 11.7 Å². The standard InChI is InChI=1S/C45H46FN5O6/c46-36-20-29(42-33-8-7-31(52)21-40(33)56-26-35(42)28-4-2-1-3-5-28)6-10-37(36)49-16-14-27(15-17-49)22-48-18-19-50-30(23-48)25-57-43-34-24-51(39-12-13-41(53)47-44(39)54)45(55)32(34)9-11-38(43)50/h1-11,20-21,27,30,35,39,42,52H,12-19,22-26H2,(H,47,53,54)/t30-,35-,39?,42-/m1/s1. The van der Waals surface area contributed by atoms with Gasteiger partial charge in [0.1, 0.15) is 35.7 Å². The molecule has 57 heavy (non-hydrogen) atoms. The SMILES string of the molecule is O=C1CCC(N2Cc3c(ccc4c3OC[C@H]3CN(CC5CCN(c6ccc([C@@H]7c8ccc(O)cc8OC[C@@H]7c7ccccc7)cc6F)CC5)CCN43)C2=O)C(=O)N1. The Morgan fingerprint density at radius 1 is 0.807 bits per heavy atom. The van der Waals surface area contributed by atoms with Gasteiger partial charge in [0.05, 0.1) is 30.6 Å². The van der Waals surface area contributed by atoms with Crippen molar-refractivity contribution < 1.29 is 33.4 Å². The molecule has 0 bridgehead atoms. The number of phenolic OH excluding ortho intramolecular Hbond substituents is 1. The molecule has 4 atom stereocenters. The van der Waals surface area contributed by atoms with E-state index < -0.39 is 11.9 Å². The summed E-state index contributed by atoms with van der Waals surface area (Å²) in [5.74, 6) is 0.820. The fourth-order valence-corrected chi connectivity index (χ4v) is 10.2. The lowest BCUT2D eigenvalue weighted by Gasteiger charge is -2.47. The van der Waals surface area contributed by atoms with E-state index >= 15 is 4.39 Å². The summed E-state index contributed by atoms with van der Waals surface area (Å²) in [7, 11) is 0. The third kappa shape index (κ3) is 6.43. The average Bonchev–Trinajstić information content (AvgIpc) is 3.56. The van der Waals surface area contributed by atoms with Gasteiger partial charge in [-0.1, -0.05) is 42.5 Å². The van der Waals surface area contributed by atoms with E-state index in [1.165, 1.54) is 0 Å². The molecule has 4 aromatic carbocycles. The first kappa shape index (κ1) is 35.8. The zero-order valence-electron chi connectivity index (χ0n) is 31.7. The van der Waals surface area contributed by atoms with Crippen molar-refractivity contribution in [1.29, 1.82) is 0 Å². The molecular formula is C45H46FN5O6. The number of anilines is 2. The maximum atomic E-state index is 16.1. The molecule has 1 unspecified atom stereocenters. The first-order valence-electron chi connectivity index (χ1n) is 20.3. The Hall–Kier alpha value is -5.62. The zero-order valence-corrected chi connectivity index (χ0v) is 31.7. The van der Waals surface area contributed by atoms with Gasteiger partial charge in [0.2, 0.25) is 11.8 Å². The van der Waals surface area contributed by atoms with Crippen molar-refractivity contribution in [3.63, 3.8) is 0 Å². The molecule has 0 aromatic heterocycles. The summed E-state index contributed by atoms with van der Waals surface area (Å²) >= 11 is 0. The molecule has 3 saturated heterocycles. The molecule has 0 saturated carbocycles. The Morgan fingerprint density at radius 2 is 1.63 bits per heavy atom. The molecule has 12 heteroatoms. The molecule has 0 spiro atoms. The third-order valence-electron chi connectivity index (χ3n) is 13.1. The van der Waals surface area contributed by atoms with Crippen LogP contribution in [0.4, 0.5) is 15.8 Å². The first-order valence-corrected chi connectivity index (χ1v) is 20.3. The van der Waals surface area contributed by atoms with Gasteiger partial charge in [0.15, 0.2) is 0 Å². The highest BCUT2D eigenvalue weighted by Gasteiger charge is 2.43. The second-order valence-electron chi connectivity index (χ2n) is 16.4. The molecular weight excluding hydrogens is 726 g/mol. The van der Waals surface area contributed by atoms with E-state index in [0.29, 0.717) is 49.1 Å². The van der Waals surface area contributed by atoms with Gasteiger partial charge in [-0.2, -0.15) is 0 Å². The molecule has 6 aliphatic rings. The molecule has 6 aliphatic heterocycles. The number of piperazine rings is 1. The van der Waals surface area contributed by atoms with Crippen LogP contribution < -0.4 is 24.6 Å². The highest BCUT2D eigenvalue weighted by Crippen LogP contribution is 2.48. The summed E-state index contributed by atoms with van der Waals surface area (Å²) in [4.78, 5) is 46.4. The quantitative estimate of drug-likeness (QED) is 0.249. The molecule has 6 heterocycles. The van der Waals surface area contributed by atoms with Crippen molar-refractivity contribution in [2.45, 2.75) is 56.1 Å². The van der Waals surface area contributed by atoms with Crippen molar-refractivity contribution in [2.75, 3.05) is 62.3 Å². The van der Waals surface area contributed by atoms with Gasteiger partial charge in [-0.15, -0.1) is 0 Å². The Kier molecular flexibility index (Phi) is 9.03. The van der Waals surface area contributed by atoms with Crippen molar-refractivity contribution >= 4 is 29.1 Å². The number of nitrogens with zero attached hydrogens (tertiary/aromatic N) is 4. The summed E-state index contributed by atoms with van der Waals surface area (Å²) in [5, 5.41) is 12.5. The van der Waals surface area contributed by atoms with E-state index in [0.717, 1.165) is 85.8 Å². The number of imide groups is 1. The van der Waals surface area contributed by atoms with Crippen molar-refractivity contribution in [3.05, 3.63) is 112 Å². The molecule has 3 amide bonds. The number of ether oxygens (including phenoxy) is 2. The van der Waals surface area contributed by atoms with Gasteiger partial charge in [0.25, 0.3) is 5.91 Å². The normalized spacial score (nSPS) is 24.9. The van der Waals surface area contributed by atoms with Crippen LogP contribution >= 0.6 is 0 Å². The minimum atomic E-state index is -0.656. The van der Waals surface area contributed by atoms with Gasteiger partial charge >= 0.3 is 0 Å². The van der Waals surface area contributed by atoms with Gasteiger partial charge in [-0.25, -0.2) is 4.39 Å². The van der Waals surface area contributed by atoms with Crippen LogP contribution in [0.2, 0.25) is 0 Å². The Morgan fingerprint density at radius 3 is 2.44 bits per heavy atom. The predicted octanol–water partition coefficient (Wildman–Crippen LogP) is 5.40. The third-order valence-corrected chi connectivity index (χ3v) is 13.1. The number of hydrogen-bond acceptors (Lipinski definition) is 9. The van der Waals surface area contributed by atoms with Crippen LogP contribution in [0.25, 0.3) is 0 Å². The highest BCUT2D eigenvalue weighted by atomic mass is 19.1. The molecule has 3 fully saturated rings. The monoisotopic (exact) mass is 771 g/mol. The van der Waals surface area contributed by atoms with E-state index in [9.17, 15) is 19.5 Å². The summed E-state index contributed by atoms with van der Waals surface area (Å²) in [6.45, 7) is 6.50. The molecule has 11 nitrogen and oxygen atoms in total. The van der Waals surface area contributed by atoms with Crippen LogP contribution in [0.1, 0.15) is 70.1 Å². The van der Waals surface area contributed by atoms with Crippen LogP contribution in [0.3, 0.4) is 0 Å². The second-order valence-corrected chi connectivity index (χ2v) is 16.4. The molecule has 2 N–H and O–H groups in total. The van der Waals surface area contributed by atoms with E-state index in [4.69, 9.17) is 9.47 Å². The van der Waals surface area contributed by atoms with Crippen LogP contribution in [-0.2, 0) is 16.1 Å². The van der Waals surface area contributed by atoms with Crippen LogP contribution in [-0.4, -0.2) is 97.2 Å². The number of phenols is 1. The number of nitrogens with one attached hydrogen (secondary N) is 1. The average molecular weight is 772 g/mol. The lowest BCUT2D eigenvalue weighted by molar-refractivity contribution is -0.136. The van der Waals surface area contributed by atoms with Gasteiger partial charge in [0, 0.05) is 80.3 Å². The predicted molar refractivity (Wildman–Crippen MR) is 212 cm³/mol. The Bertz CT molecular complexity index is 2240. The van der Waals surface area contributed by atoms with Gasteiger partial charge in [-0.05, 0) is 66.6 Å². The van der Waals surface area contributed by atoms with E-state index in [-0.39, 0.29) is 47.7 Å². The van der Waals surface area contributed by atoms with Gasteiger partial charge in [-0.3, -0.25) is 24.6 Å². The molecule has 294 valence electrons. The zero-order chi connectivity index (χ0) is 38.8. The topological polar surface area (TPSA) is 115 Å². The second kappa shape index (κ2) is 14.4. The number of hydrogen-bond donors (Lipinski definition) is 2. The number of rotatable bonds is 6. The maximum Gasteiger partial charge on any atom is 0.255 e. The molecule has 0 radical (unpaired) electrons. The number of piperidine rings is 2. The minimum Gasteiger partial charge on any atom is -0.508 e. The first-order chi connectivity index (χ1) is 27.8. The smallest absolute Gasteiger partial charge is 0.255 e. The molecule has 4 aromatic rings. The number of carbonyl (C=O) groups excluding carboxylic acids is 3. The largest absolute Gasteiger partial charge is 0.508 e. The number of fused-ring (bicyclic) bond motifs is 6. The van der Waals surface area contributed by atoms with E-state index in [1.807, 2.05) is 42.5 Å². The van der Waals surface area contributed by atoms with E-state index in [2.05, 4.69) is 38.2 Å². The number of amides is 3. The molecule has 10 rings (SSSR count). The lowest BCUT2D eigenvalue weighted by Crippen LogP contribution is -2.58. The summed E-state index contributed by atoms with van der Waals surface area (Å²) in [6.07, 6.45) is 2.53. The summed E-state index contributed by atoms with van der Waals surface area (Å²) < 4.78 is 28.7. The fourth-order valence-electron chi connectivity index (χ4n) is 10.2. The van der Waals surface area contributed by atoms with Gasteiger partial charge < -0.3 is 29.3 Å². The lowest BCUT2D eigenvalue weighted by atomic mass is 9.76. The summed E-state index contributed by atoms with van der Waals surface area (Å²) in [5.41, 5.74) is 6.02. The van der Waals surface area contributed by atoms with Crippen molar-refractivity contribution in [1.82, 2.24) is 15.1 Å².